The lowest BCUT2D eigenvalue weighted by Gasteiger charge is -2.22. The van der Waals surface area contributed by atoms with Crippen LogP contribution < -0.4 is 5.32 Å². The number of alkyl halides is 3. The number of aromatic nitrogens is 2. The Morgan fingerprint density at radius 1 is 1.03 bits per heavy atom. The fraction of sp³-hybridized carbons (Fsp3) is 0.286. The second-order valence-corrected chi connectivity index (χ2v) is 11.4. The number of halogens is 5. The SMILES string of the molecule is O=C(Nc1cc(C(F)(F)F)ccc1Cl)N1CC2CN(Cc3c(-c4ccc(Br)cc4)nc4ccccn34)CC2C1. The number of amides is 2. The Hall–Kier alpha value is -3.08. The van der Waals surface area contributed by atoms with Gasteiger partial charge in [-0.15, -0.1) is 0 Å². The fourth-order valence-corrected chi connectivity index (χ4v) is 6.05. The topological polar surface area (TPSA) is 52.9 Å². The van der Waals surface area contributed by atoms with Crippen molar-refractivity contribution in [1.82, 2.24) is 19.2 Å². The molecule has 2 atom stereocenters. The first kappa shape index (κ1) is 26.2. The predicted molar refractivity (Wildman–Crippen MR) is 148 cm³/mol. The van der Waals surface area contributed by atoms with E-state index in [0.717, 1.165) is 64.9 Å². The zero-order valence-corrected chi connectivity index (χ0v) is 23.0. The molecular weight excluding hydrogens is 595 g/mol. The average Bonchev–Trinajstić information content (AvgIpc) is 3.57. The Kier molecular flexibility index (Phi) is 6.81. The minimum absolute atomic E-state index is 0.0386. The lowest BCUT2D eigenvalue weighted by molar-refractivity contribution is -0.137. The smallest absolute Gasteiger partial charge is 0.324 e. The highest BCUT2D eigenvalue weighted by Crippen LogP contribution is 2.36. The molecule has 2 saturated heterocycles. The number of nitrogens with one attached hydrogen (secondary N) is 1. The predicted octanol–water partition coefficient (Wildman–Crippen LogP) is 7.03. The number of hydrogen-bond acceptors (Lipinski definition) is 3. The second kappa shape index (κ2) is 10.1. The molecule has 4 heterocycles. The lowest BCUT2D eigenvalue weighted by Crippen LogP contribution is -2.36. The van der Waals surface area contributed by atoms with Gasteiger partial charge in [0.1, 0.15) is 5.65 Å². The summed E-state index contributed by atoms with van der Waals surface area (Å²) in [5, 5.41) is 2.64. The minimum atomic E-state index is -4.52. The van der Waals surface area contributed by atoms with Crippen LogP contribution in [-0.2, 0) is 12.7 Å². The number of likely N-dealkylation sites (tertiary alicyclic amines) is 2. The largest absolute Gasteiger partial charge is 0.416 e. The van der Waals surface area contributed by atoms with Crippen LogP contribution in [0.15, 0.2) is 71.3 Å². The van der Waals surface area contributed by atoms with Gasteiger partial charge in [0.05, 0.1) is 27.7 Å². The molecular formula is C28H24BrClF3N5O. The normalized spacial score (nSPS) is 19.6. The van der Waals surface area contributed by atoms with E-state index < -0.39 is 17.8 Å². The van der Waals surface area contributed by atoms with Gasteiger partial charge in [0, 0.05) is 49.0 Å². The molecule has 2 aromatic heterocycles. The van der Waals surface area contributed by atoms with Crippen molar-refractivity contribution in [3.8, 4) is 11.3 Å². The molecule has 11 heteroatoms. The summed E-state index contributed by atoms with van der Waals surface area (Å²) in [6, 6.07) is 16.6. The Morgan fingerprint density at radius 2 is 1.74 bits per heavy atom. The first-order valence-electron chi connectivity index (χ1n) is 12.5. The van der Waals surface area contributed by atoms with Gasteiger partial charge in [-0.05, 0) is 54.3 Å². The van der Waals surface area contributed by atoms with Crippen LogP contribution in [0, 0.1) is 11.8 Å². The molecule has 4 aromatic rings. The first-order valence-corrected chi connectivity index (χ1v) is 13.7. The molecule has 1 N–H and O–H groups in total. The third-order valence-electron chi connectivity index (χ3n) is 7.50. The number of urea groups is 1. The summed E-state index contributed by atoms with van der Waals surface area (Å²) in [4.78, 5) is 21.9. The number of nitrogens with zero attached hydrogens (tertiary/aromatic N) is 4. The summed E-state index contributed by atoms with van der Waals surface area (Å²) in [6.45, 7) is 3.43. The van der Waals surface area contributed by atoms with Gasteiger partial charge < -0.3 is 14.6 Å². The number of carbonyl (C=O) groups is 1. The molecule has 202 valence electrons. The summed E-state index contributed by atoms with van der Waals surface area (Å²) in [5.74, 6) is 0.561. The van der Waals surface area contributed by atoms with E-state index in [9.17, 15) is 18.0 Å². The Morgan fingerprint density at radius 3 is 2.44 bits per heavy atom. The van der Waals surface area contributed by atoms with Gasteiger partial charge in [0.25, 0.3) is 0 Å². The molecule has 2 amide bonds. The maximum Gasteiger partial charge on any atom is 0.416 e. The molecule has 0 radical (unpaired) electrons. The van der Waals surface area contributed by atoms with Crippen LogP contribution in [0.2, 0.25) is 5.02 Å². The number of fused-ring (bicyclic) bond motifs is 2. The van der Waals surface area contributed by atoms with E-state index in [1.54, 1.807) is 4.90 Å². The molecule has 0 aliphatic carbocycles. The van der Waals surface area contributed by atoms with Gasteiger partial charge >= 0.3 is 12.2 Å². The van der Waals surface area contributed by atoms with Crippen molar-refractivity contribution in [1.29, 1.82) is 0 Å². The number of imidazole rings is 1. The summed E-state index contributed by atoms with van der Waals surface area (Å²) in [6.07, 6.45) is -2.49. The van der Waals surface area contributed by atoms with Gasteiger partial charge in [0.15, 0.2) is 0 Å². The summed E-state index contributed by atoms with van der Waals surface area (Å²) in [7, 11) is 0. The van der Waals surface area contributed by atoms with E-state index in [4.69, 9.17) is 16.6 Å². The number of carbonyl (C=O) groups excluding carboxylic acids is 1. The van der Waals surface area contributed by atoms with Crippen molar-refractivity contribution in [2.45, 2.75) is 12.7 Å². The molecule has 2 unspecified atom stereocenters. The van der Waals surface area contributed by atoms with Crippen LogP contribution in [0.4, 0.5) is 23.7 Å². The third kappa shape index (κ3) is 5.25. The third-order valence-corrected chi connectivity index (χ3v) is 8.36. The van der Waals surface area contributed by atoms with Gasteiger partial charge in [-0.3, -0.25) is 4.90 Å². The molecule has 2 aromatic carbocycles. The molecule has 0 spiro atoms. The highest BCUT2D eigenvalue weighted by molar-refractivity contribution is 9.10. The molecule has 2 aliphatic heterocycles. The molecule has 39 heavy (non-hydrogen) atoms. The van der Waals surface area contributed by atoms with Gasteiger partial charge in [-0.2, -0.15) is 13.2 Å². The summed E-state index contributed by atoms with van der Waals surface area (Å²) >= 11 is 9.57. The van der Waals surface area contributed by atoms with Gasteiger partial charge in [0.2, 0.25) is 0 Å². The number of rotatable bonds is 4. The van der Waals surface area contributed by atoms with E-state index in [0.29, 0.717) is 13.1 Å². The van der Waals surface area contributed by atoms with E-state index in [-0.39, 0.29) is 22.5 Å². The number of hydrogen-bond donors (Lipinski definition) is 1. The molecule has 2 fully saturated rings. The van der Waals surface area contributed by atoms with E-state index in [1.807, 2.05) is 36.5 Å². The molecule has 6 nitrogen and oxygen atoms in total. The highest BCUT2D eigenvalue weighted by Gasteiger charge is 2.42. The summed E-state index contributed by atoms with van der Waals surface area (Å²) < 4.78 is 42.5. The van der Waals surface area contributed by atoms with Crippen molar-refractivity contribution in [3.05, 3.63) is 87.6 Å². The molecule has 0 bridgehead atoms. The van der Waals surface area contributed by atoms with Crippen molar-refractivity contribution >= 4 is 44.9 Å². The van der Waals surface area contributed by atoms with Crippen molar-refractivity contribution in [3.63, 3.8) is 0 Å². The summed E-state index contributed by atoms with van der Waals surface area (Å²) in [5.41, 5.74) is 3.11. The number of benzene rings is 2. The van der Waals surface area contributed by atoms with Crippen LogP contribution in [0.3, 0.4) is 0 Å². The average molecular weight is 619 g/mol. The minimum Gasteiger partial charge on any atom is -0.324 e. The maximum atomic E-state index is 13.1. The number of anilines is 1. The van der Waals surface area contributed by atoms with Crippen molar-refractivity contribution in [2.24, 2.45) is 11.8 Å². The van der Waals surface area contributed by atoms with E-state index in [1.165, 1.54) is 0 Å². The molecule has 6 rings (SSSR count). The van der Waals surface area contributed by atoms with Crippen LogP contribution in [0.5, 0.6) is 0 Å². The zero-order chi connectivity index (χ0) is 27.3. The van der Waals surface area contributed by atoms with Crippen molar-refractivity contribution < 1.29 is 18.0 Å². The second-order valence-electron chi connectivity index (χ2n) is 10.1. The Bertz CT molecular complexity index is 1530. The maximum absolute atomic E-state index is 13.1. The highest BCUT2D eigenvalue weighted by atomic mass is 79.9. The van der Waals surface area contributed by atoms with E-state index >= 15 is 0 Å². The van der Waals surface area contributed by atoms with Crippen LogP contribution in [-0.4, -0.2) is 51.4 Å². The zero-order valence-electron chi connectivity index (χ0n) is 20.6. The molecule has 2 aliphatic rings. The van der Waals surface area contributed by atoms with Crippen LogP contribution in [0.25, 0.3) is 16.9 Å². The Labute approximate surface area is 236 Å². The standard InChI is InChI=1S/C28H24BrClF3N5O/c29-21-7-4-17(5-8-21)26-24(38-10-2-1-3-25(38)35-26)16-36-12-18-14-37(15-19(18)13-36)27(39)34-23-11-20(28(31,32)33)6-9-22(23)30/h1-11,18-19H,12-16H2,(H,34,39). The monoisotopic (exact) mass is 617 g/mol. The fourth-order valence-electron chi connectivity index (χ4n) is 5.63. The van der Waals surface area contributed by atoms with Crippen LogP contribution in [0.1, 0.15) is 11.3 Å². The van der Waals surface area contributed by atoms with Gasteiger partial charge in [-0.1, -0.05) is 45.7 Å². The first-order chi connectivity index (χ1) is 18.7. The molecule has 0 saturated carbocycles. The van der Waals surface area contributed by atoms with Crippen molar-refractivity contribution in [2.75, 3.05) is 31.5 Å². The Balaban J connectivity index is 1.14. The van der Waals surface area contributed by atoms with E-state index in [2.05, 4.69) is 42.7 Å². The van der Waals surface area contributed by atoms with Crippen LogP contribution >= 0.6 is 27.5 Å². The lowest BCUT2D eigenvalue weighted by atomic mass is 10.0. The number of pyridine rings is 1. The van der Waals surface area contributed by atoms with Gasteiger partial charge in [-0.25, -0.2) is 9.78 Å². The quantitative estimate of drug-likeness (QED) is 0.267.